The largest absolute Gasteiger partial charge is 0.326 e. The first-order valence-corrected chi connectivity index (χ1v) is 4.96. The Morgan fingerprint density at radius 3 is 2.60 bits per heavy atom. The standard InChI is InChI=1S/C13H15NO/c1-2-3-8-13(15)9-11-6-4-5-7-12(11)10-14/h4-7H,8-10,14H2,1H3. The maximum Gasteiger partial charge on any atom is 0.149 e. The van der Waals surface area contributed by atoms with Crippen LogP contribution in [-0.4, -0.2) is 5.78 Å². The van der Waals surface area contributed by atoms with E-state index in [0.717, 1.165) is 11.1 Å². The van der Waals surface area contributed by atoms with Crippen LogP contribution in [0.1, 0.15) is 24.5 Å². The molecular weight excluding hydrogens is 186 g/mol. The molecule has 0 spiro atoms. The molecule has 0 aliphatic rings. The van der Waals surface area contributed by atoms with Crippen molar-refractivity contribution in [3.05, 3.63) is 35.4 Å². The summed E-state index contributed by atoms with van der Waals surface area (Å²) in [6.45, 7) is 2.21. The van der Waals surface area contributed by atoms with Crippen molar-refractivity contribution in [1.82, 2.24) is 0 Å². The molecule has 0 aromatic heterocycles. The van der Waals surface area contributed by atoms with Crippen LogP contribution in [0.25, 0.3) is 0 Å². The van der Waals surface area contributed by atoms with Crippen molar-refractivity contribution in [1.29, 1.82) is 0 Å². The van der Waals surface area contributed by atoms with Gasteiger partial charge in [0.1, 0.15) is 5.78 Å². The van der Waals surface area contributed by atoms with Crippen LogP contribution < -0.4 is 5.73 Å². The summed E-state index contributed by atoms with van der Waals surface area (Å²) in [5.41, 5.74) is 7.64. The van der Waals surface area contributed by atoms with E-state index in [9.17, 15) is 4.79 Å². The zero-order chi connectivity index (χ0) is 11.1. The Hall–Kier alpha value is -1.59. The number of Topliss-reactive ketones (excluding diaryl/α,β-unsaturated/α-hetero) is 1. The molecule has 0 aliphatic carbocycles. The van der Waals surface area contributed by atoms with Crippen LogP contribution in [0, 0.1) is 11.8 Å². The van der Waals surface area contributed by atoms with Crippen LogP contribution in [0.5, 0.6) is 0 Å². The van der Waals surface area contributed by atoms with Crippen LogP contribution in [0.4, 0.5) is 0 Å². The van der Waals surface area contributed by atoms with Crippen molar-refractivity contribution in [3.8, 4) is 11.8 Å². The number of nitrogens with two attached hydrogens (primary N) is 1. The van der Waals surface area contributed by atoms with Crippen molar-refractivity contribution in [2.75, 3.05) is 0 Å². The summed E-state index contributed by atoms with van der Waals surface area (Å²) >= 11 is 0. The number of ketones is 1. The van der Waals surface area contributed by atoms with E-state index in [1.165, 1.54) is 0 Å². The molecule has 0 fully saturated rings. The second kappa shape index (κ2) is 6.00. The Kier molecular flexibility index (Phi) is 4.59. The van der Waals surface area contributed by atoms with Gasteiger partial charge in [-0.2, -0.15) is 0 Å². The first-order chi connectivity index (χ1) is 7.27. The molecule has 2 N–H and O–H groups in total. The highest BCUT2D eigenvalue weighted by atomic mass is 16.1. The number of benzene rings is 1. The second-order valence-electron chi connectivity index (χ2n) is 3.29. The summed E-state index contributed by atoms with van der Waals surface area (Å²) < 4.78 is 0. The monoisotopic (exact) mass is 201 g/mol. The predicted octanol–water partition coefficient (Wildman–Crippen LogP) is 1.67. The van der Waals surface area contributed by atoms with Gasteiger partial charge in [0.2, 0.25) is 0 Å². The summed E-state index contributed by atoms with van der Waals surface area (Å²) in [7, 11) is 0. The molecule has 0 saturated heterocycles. The van der Waals surface area contributed by atoms with Crippen molar-refractivity contribution in [2.45, 2.75) is 26.3 Å². The highest BCUT2D eigenvalue weighted by Crippen LogP contribution is 2.09. The third-order valence-corrected chi connectivity index (χ3v) is 2.19. The third-order valence-electron chi connectivity index (χ3n) is 2.19. The Morgan fingerprint density at radius 2 is 2.00 bits per heavy atom. The summed E-state index contributed by atoms with van der Waals surface area (Å²) in [5, 5.41) is 0. The van der Waals surface area contributed by atoms with Gasteiger partial charge in [-0.3, -0.25) is 4.79 Å². The fraction of sp³-hybridized carbons (Fsp3) is 0.308. The molecule has 0 radical (unpaired) electrons. The lowest BCUT2D eigenvalue weighted by atomic mass is 10.0. The molecule has 0 unspecified atom stereocenters. The average Bonchev–Trinajstić information content (AvgIpc) is 2.27. The minimum Gasteiger partial charge on any atom is -0.326 e. The molecule has 0 atom stereocenters. The molecule has 2 heteroatoms. The molecule has 0 saturated carbocycles. The first-order valence-electron chi connectivity index (χ1n) is 4.96. The van der Waals surface area contributed by atoms with Crippen molar-refractivity contribution < 1.29 is 4.79 Å². The lowest BCUT2D eigenvalue weighted by Gasteiger charge is -2.05. The maximum absolute atomic E-state index is 11.5. The van der Waals surface area contributed by atoms with E-state index in [4.69, 9.17) is 5.73 Å². The van der Waals surface area contributed by atoms with Gasteiger partial charge in [-0.25, -0.2) is 0 Å². The summed E-state index contributed by atoms with van der Waals surface area (Å²) in [6.07, 6.45) is 0.761. The molecule has 0 aliphatic heterocycles. The molecule has 1 aromatic carbocycles. The number of hydrogen-bond donors (Lipinski definition) is 1. The second-order valence-corrected chi connectivity index (χ2v) is 3.29. The van der Waals surface area contributed by atoms with Gasteiger partial charge in [-0.15, -0.1) is 5.92 Å². The molecule has 2 nitrogen and oxygen atoms in total. The van der Waals surface area contributed by atoms with Crippen LogP contribution in [-0.2, 0) is 17.8 Å². The summed E-state index contributed by atoms with van der Waals surface area (Å²) in [5.74, 6) is 5.64. The number of carbonyl (C=O) groups excluding carboxylic acids is 1. The zero-order valence-electron chi connectivity index (χ0n) is 8.92. The van der Waals surface area contributed by atoms with Crippen LogP contribution >= 0.6 is 0 Å². The topological polar surface area (TPSA) is 43.1 Å². The highest BCUT2D eigenvalue weighted by molar-refractivity contribution is 5.83. The van der Waals surface area contributed by atoms with Crippen molar-refractivity contribution >= 4 is 5.78 Å². The van der Waals surface area contributed by atoms with Crippen molar-refractivity contribution in [3.63, 3.8) is 0 Å². The minimum atomic E-state index is 0.144. The average molecular weight is 201 g/mol. The van der Waals surface area contributed by atoms with Gasteiger partial charge in [0.15, 0.2) is 0 Å². The molecular formula is C13H15NO. The van der Waals surface area contributed by atoms with E-state index >= 15 is 0 Å². The molecule has 0 bridgehead atoms. The van der Waals surface area contributed by atoms with Crippen molar-refractivity contribution in [2.24, 2.45) is 5.73 Å². The predicted molar refractivity (Wildman–Crippen MR) is 61.1 cm³/mol. The minimum absolute atomic E-state index is 0.144. The third kappa shape index (κ3) is 3.57. The molecule has 1 rings (SSSR count). The molecule has 15 heavy (non-hydrogen) atoms. The lowest BCUT2D eigenvalue weighted by Crippen LogP contribution is -2.07. The van der Waals surface area contributed by atoms with Gasteiger partial charge in [0, 0.05) is 13.0 Å². The SMILES string of the molecule is CC#CCC(=O)Cc1ccccc1CN. The molecule has 0 amide bonds. The number of rotatable bonds is 4. The van der Waals surface area contributed by atoms with Crippen LogP contribution in [0.2, 0.25) is 0 Å². The number of hydrogen-bond acceptors (Lipinski definition) is 2. The van der Waals surface area contributed by atoms with E-state index in [-0.39, 0.29) is 5.78 Å². The van der Waals surface area contributed by atoms with Gasteiger partial charge in [-0.1, -0.05) is 30.2 Å². The maximum atomic E-state index is 11.5. The summed E-state index contributed by atoms with van der Waals surface area (Å²) in [6, 6.07) is 7.75. The van der Waals surface area contributed by atoms with Crippen LogP contribution in [0.3, 0.4) is 0 Å². The zero-order valence-corrected chi connectivity index (χ0v) is 8.92. The fourth-order valence-electron chi connectivity index (χ4n) is 1.39. The van der Waals surface area contributed by atoms with E-state index < -0.39 is 0 Å². The first kappa shape index (κ1) is 11.5. The van der Waals surface area contributed by atoms with Gasteiger partial charge in [-0.05, 0) is 18.1 Å². The Labute approximate surface area is 90.5 Å². The number of carbonyl (C=O) groups is 1. The van der Waals surface area contributed by atoms with E-state index in [0.29, 0.717) is 19.4 Å². The lowest BCUT2D eigenvalue weighted by molar-refractivity contribution is -0.117. The molecule has 78 valence electrons. The van der Waals surface area contributed by atoms with Gasteiger partial charge in [0.05, 0.1) is 6.42 Å². The highest BCUT2D eigenvalue weighted by Gasteiger charge is 2.05. The Morgan fingerprint density at radius 1 is 1.33 bits per heavy atom. The Bertz CT molecular complexity index is 398. The van der Waals surface area contributed by atoms with Crippen LogP contribution in [0.15, 0.2) is 24.3 Å². The smallest absolute Gasteiger partial charge is 0.149 e. The molecule has 1 aromatic rings. The van der Waals surface area contributed by atoms with E-state index in [2.05, 4.69) is 11.8 Å². The normalized spacial score (nSPS) is 9.20. The van der Waals surface area contributed by atoms with Gasteiger partial charge < -0.3 is 5.73 Å². The Balaban J connectivity index is 2.70. The van der Waals surface area contributed by atoms with E-state index in [1.807, 2.05) is 24.3 Å². The van der Waals surface area contributed by atoms with Gasteiger partial charge in [0.25, 0.3) is 0 Å². The fourth-order valence-corrected chi connectivity index (χ4v) is 1.39. The van der Waals surface area contributed by atoms with Gasteiger partial charge >= 0.3 is 0 Å². The van der Waals surface area contributed by atoms with E-state index in [1.54, 1.807) is 6.92 Å². The molecule has 0 heterocycles. The quantitative estimate of drug-likeness (QED) is 0.753. The summed E-state index contributed by atoms with van der Waals surface area (Å²) in [4.78, 5) is 11.5.